The zero-order valence-electron chi connectivity index (χ0n) is 15.0. The average molecular weight is 376 g/mol. The van der Waals surface area contributed by atoms with E-state index in [1.807, 2.05) is 49.4 Å². The van der Waals surface area contributed by atoms with Gasteiger partial charge in [0.1, 0.15) is 11.3 Å². The Balaban J connectivity index is 1.74. The fourth-order valence-electron chi connectivity index (χ4n) is 3.17. The standard InChI is InChI=1S/C21H17FN4O2/c1-11-8-15(21(27)28-22)19-18(9-11)25-20(26-19)13-4-2-12(3-5-13)14-6-7-16(23)17(24)10-14/h2-10H,23-24H2,1H3,(H,25,26). The minimum Gasteiger partial charge on any atom is -0.397 e. The molecule has 4 rings (SSSR count). The highest BCUT2D eigenvalue weighted by atomic mass is 19.3. The van der Waals surface area contributed by atoms with Crippen molar-refractivity contribution in [1.82, 2.24) is 9.97 Å². The Bertz CT molecular complexity index is 1200. The minimum atomic E-state index is -1.07. The lowest BCUT2D eigenvalue weighted by molar-refractivity contribution is -0.0786. The van der Waals surface area contributed by atoms with Gasteiger partial charge in [0.15, 0.2) is 0 Å². The number of imidazole rings is 1. The van der Waals surface area contributed by atoms with Gasteiger partial charge in [0.2, 0.25) is 0 Å². The SMILES string of the molecule is Cc1cc(C(=O)OF)c2nc(-c3ccc(-c4ccc(N)c(N)c4)cc3)[nH]c2c1. The molecule has 0 radical (unpaired) electrons. The molecule has 5 N–H and O–H groups in total. The van der Waals surface area contributed by atoms with Gasteiger partial charge < -0.3 is 16.5 Å². The van der Waals surface area contributed by atoms with Crippen LogP contribution in [-0.2, 0) is 4.94 Å². The van der Waals surface area contributed by atoms with Crippen LogP contribution in [0.4, 0.5) is 15.9 Å². The molecular formula is C21H17FN4O2. The topological polar surface area (TPSA) is 107 Å². The van der Waals surface area contributed by atoms with Crippen LogP contribution in [0.1, 0.15) is 15.9 Å². The molecule has 0 aliphatic heterocycles. The van der Waals surface area contributed by atoms with Crippen molar-refractivity contribution in [2.24, 2.45) is 0 Å². The third-order valence-electron chi connectivity index (χ3n) is 4.60. The summed E-state index contributed by atoms with van der Waals surface area (Å²) < 4.78 is 12.4. The van der Waals surface area contributed by atoms with Gasteiger partial charge in [-0.05, 0) is 47.9 Å². The van der Waals surface area contributed by atoms with Gasteiger partial charge in [0.05, 0.1) is 22.5 Å². The first kappa shape index (κ1) is 17.5. The predicted octanol–water partition coefficient (Wildman–Crippen LogP) is 4.41. The Hall–Kier alpha value is -3.87. The highest BCUT2D eigenvalue weighted by molar-refractivity contribution is 6.02. The summed E-state index contributed by atoms with van der Waals surface area (Å²) in [4.78, 5) is 22.7. The van der Waals surface area contributed by atoms with Crippen LogP contribution in [0, 0.1) is 6.92 Å². The molecule has 0 saturated carbocycles. The second kappa shape index (κ2) is 6.70. The smallest absolute Gasteiger partial charge is 0.381 e. The number of nitrogens with one attached hydrogen (secondary N) is 1. The Morgan fingerprint density at radius 2 is 1.64 bits per heavy atom. The number of aryl methyl sites for hydroxylation is 1. The van der Waals surface area contributed by atoms with Crippen LogP contribution in [0.15, 0.2) is 54.6 Å². The number of H-pyrrole nitrogens is 1. The molecule has 0 saturated heterocycles. The van der Waals surface area contributed by atoms with Gasteiger partial charge in [0, 0.05) is 10.1 Å². The Morgan fingerprint density at radius 1 is 0.964 bits per heavy atom. The number of aromatic amines is 1. The van der Waals surface area contributed by atoms with E-state index in [-0.39, 0.29) is 5.56 Å². The number of carbonyl (C=O) groups excluding carboxylic acids is 1. The van der Waals surface area contributed by atoms with E-state index in [1.54, 1.807) is 12.1 Å². The van der Waals surface area contributed by atoms with Crippen LogP contribution in [-0.4, -0.2) is 15.9 Å². The molecule has 0 aliphatic rings. The van der Waals surface area contributed by atoms with Crippen molar-refractivity contribution in [3.63, 3.8) is 0 Å². The maximum atomic E-state index is 12.4. The first-order chi connectivity index (χ1) is 13.5. The second-order valence-electron chi connectivity index (χ2n) is 6.58. The Morgan fingerprint density at radius 3 is 2.32 bits per heavy atom. The lowest BCUT2D eigenvalue weighted by Gasteiger charge is -2.06. The summed E-state index contributed by atoms with van der Waals surface area (Å²) >= 11 is 0. The summed E-state index contributed by atoms with van der Waals surface area (Å²) in [6.07, 6.45) is 0. The fourth-order valence-corrected chi connectivity index (χ4v) is 3.17. The number of hydrogen-bond acceptors (Lipinski definition) is 5. The monoisotopic (exact) mass is 376 g/mol. The van der Waals surface area contributed by atoms with E-state index in [2.05, 4.69) is 14.9 Å². The van der Waals surface area contributed by atoms with Crippen LogP contribution in [0.2, 0.25) is 0 Å². The molecule has 0 fully saturated rings. The third kappa shape index (κ3) is 3.03. The van der Waals surface area contributed by atoms with Gasteiger partial charge in [-0.2, -0.15) is 0 Å². The molecule has 0 aliphatic carbocycles. The number of nitrogens with zero attached hydrogens (tertiary/aromatic N) is 1. The van der Waals surface area contributed by atoms with Crippen LogP contribution in [0.3, 0.4) is 0 Å². The Labute approximate surface area is 159 Å². The van der Waals surface area contributed by atoms with Crippen molar-refractivity contribution in [3.8, 4) is 22.5 Å². The molecule has 0 unspecified atom stereocenters. The maximum Gasteiger partial charge on any atom is 0.381 e. The zero-order valence-corrected chi connectivity index (χ0v) is 15.0. The molecule has 6 nitrogen and oxygen atoms in total. The summed E-state index contributed by atoms with van der Waals surface area (Å²) in [5.74, 6) is -0.500. The molecular weight excluding hydrogens is 359 g/mol. The molecule has 0 spiro atoms. The average Bonchev–Trinajstić information content (AvgIpc) is 3.12. The summed E-state index contributed by atoms with van der Waals surface area (Å²) in [7, 11) is 0. The van der Waals surface area contributed by atoms with Crippen LogP contribution >= 0.6 is 0 Å². The molecule has 0 atom stereocenters. The number of nitrogens with two attached hydrogens (primary N) is 2. The summed E-state index contributed by atoms with van der Waals surface area (Å²) in [6, 6.07) is 16.6. The third-order valence-corrected chi connectivity index (χ3v) is 4.60. The molecule has 4 aromatic rings. The van der Waals surface area contributed by atoms with Gasteiger partial charge in [0.25, 0.3) is 0 Å². The van der Waals surface area contributed by atoms with Crippen molar-refractivity contribution in [2.75, 3.05) is 11.5 Å². The van der Waals surface area contributed by atoms with E-state index in [1.165, 1.54) is 0 Å². The van der Waals surface area contributed by atoms with E-state index < -0.39 is 5.97 Å². The molecule has 1 heterocycles. The van der Waals surface area contributed by atoms with Gasteiger partial charge in [-0.25, -0.2) is 14.7 Å². The lowest BCUT2D eigenvalue weighted by atomic mass is 10.0. The number of halogens is 1. The molecule has 0 bridgehead atoms. The van der Waals surface area contributed by atoms with Crippen molar-refractivity contribution >= 4 is 28.4 Å². The summed E-state index contributed by atoms with van der Waals surface area (Å²) in [5.41, 5.74) is 17.3. The molecule has 7 heteroatoms. The largest absolute Gasteiger partial charge is 0.397 e. The quantitative estimate of drug-likeness (QED) is 0.459. The number of aromatic nitrogens is 2. The number of anilines is 2. The van der Waals surface area contributed by atoms with Gasteiger partial charge in [-0.1, -0.05) is 30.3 Å². The molecule has 1 aromatic heterocycles. The molecule has 28 heavy (non-hydrogen) atoms. The number of nitrogen functional groups attached to an aromatic ring is 2. The minimum absolute atomic E-state index is 0.0777. The van der Waals surface area contributed by atoms with Gasteiger partial charge in [-0.3, -0.25) is 0 Å². The highest BCUT2D eigenvalue weighted by Crippen LogP contribution is 2.29. The van der Waals surface area contributed by atoms with Crippen molar-refractivity contribution in [3.05, 3.63) is 65.7 Å². The van der Waals surface area contributed by atoms with Crippen LogP contribution < -0.4 is 11.5 Å². The number of hydrogen-bond donors (Lipinski definition) is 3. The molecule has 3 aromatic carbocycles. The number of benzene rings is 3. The number of fused-ring (bicyclic) bond motifs is 1. The maximum absolute atomic E-state index is 12.4. The van der Waals surface area contributed by atoms with E-state index in [4.69, 9.17) is 11.5 Å². The van der Waals surface area contributed by atoms with E-state index >= 15 is 0 Å². The molecule has 140 valence electrons. The van der Waals surface area contributed by atoms with Gasteiger partial charge in [-0.15, -0.1) is 0 Å². The zero-order chi connectivity index (χ0) is 19.8. The fraction of sp³-hybridized carbons (Fsp3) is 0.0476. The lowest BCUT2D eigenvalue weighted by Crippen LogP contribution is -2.00. The van der Waals surface area contributed by atoms with E-state index in [0.29, 0.717) is 28.2 Å². The first-order valence-corrected chi connectivity index (χ1v) is 8.55. The summed E-state index contributed by atoms with van der Waals surface area (Å²) in [6.45, 7) is 1.81. The van der Waals surface area contributed by atoms with Crippen molar-refractivity contribution in [2.45, 2.75) is 6.92 Å². The number of rotatable bonds is 3. The van der Waals surface area contributed by atoms with E-state index in [0.717, 1.165) is 22.3 Å². The second-order valence-corrected chi connectivity index (χ2v) is 6.58. The first-order valence-electron chi connectivity index (χ1n) is 8.55. The summed E-state index contributed by atoms with van der Waals surface area (Å²) in [5, 5.41) is 0. The van der Waals surface area contributed by atoms with Crippen molar-refractivity contribution < 1.29 is 14.3 Å². The Kier molecular flexibility index (Phi) is 4.19. The molecule has 0 amide bonds. The normalized spacial score (nSPS) is 10.9. The highest BCUT2D eigenvalue weighted by Gasteiger charge is 2.17. The number of carbonyl (C=O) groups is 1. The van der Waals surface area contributed by atoms with E-state index in [9.17, 15) is 9.32 Å². The van der Waals surface area contributed by atoms with Gasteiger partial charge >= 0.3 is 5.97 Å². The predicted molar refractivity (Wildman–Crippen MR) is 107 cm³/mol. The van der Waals surface area contributed by atoms with Crippen LogP contribution in [0.5, 0.6) is 0 Å². The van der Waals surface area contributed by atoms with Crippen LogP contribution in [0.25, 0.3) is 33.5 Å². The van der Waals surface area contributed by atoms with Crippen molar-refractivity contribution in [1.29, 1.82) is 0 Å².